The topological polar surface area (TPSA) is 195 Å². The minimum atomic E-state index is -1.19. The predicted octanol–water partition coefficient (Wildman–Crippen LogP) is 1.54. The Morgan fingerprint density at radius 3 is 2.25 bits per heavy atom. The molecule has 0 aliphatic carbocycles. The van der Waals surface area contributed by atoms with Crippen LogP contribution in [0.15, 0.2) is 73.3 Å². The first-order valence-electron chi connectivity index (χ1n) is 14.2. The first kappa shape index (κ1) is 32.3. The number of fused-ring (bicyclic) bond motifs is 1. The Hall–Kier alpha value is -4.62. The van der Waals surface area contributed by atoms with E-state index in [4.69, 9.17) is 5.73 Å². The van der Waals surface area contributed by atoms with Gasteiger partial charge in [-0.25, -0.2) is 9.78 Å². The normalized spacial score (nSPS) is 13.9. The van der Waals surface area contributed by atoms with Crippen LogP contribution >= 0.6 is 11.8 Å². The summed E-state index contributed by atoms with van der Waals surface area (Å²) in [6, 6.07) is 12.3. The molecule has 2 aromatic heterocycles. The number of aliphatic carboxylic acids is 1. The van der Waals surface area contributed by atoms with Gasteiger partial charge in [-0.05, 0) is 35.6 Å². The molecule has 2 heterocycles. The van der Waals surface area contributed by atoms with Crippen molar-refractivity contribution >= 4 is 46.4 Å². The number of imidazole rings is 1. The Labute approximate surface area is 259 Å². The molecule has 0 spiro atoms. The third-order valence-corrected chi connectivity index (χ3v) is 7.85. The Balaban J connectivity index is 1.52. The maximum absolute atomic E-state index is 13.8. The van der Waals surface area contributed by atoms with Gasteiger partial charge in [0.2, 0.25) is 17.7 Å². The van der Waals surface area contributed by atoms with Crippen LogP contribution in [0.3, 0.4) is 0 Å². The molecular formula is C31H37N7O5S. The maximum Gasteiger partial charge on any atom is 0.326 e. The number of rotatable bonds is 16. The van der Waals surface area contributed by atoms with Gasteiger partial charge in [-0.2, -0.15) is 11.8 Å². The lowest BCUT2D eigenvalue weighted by molar-refractivity contribution is -0.142. The fourth-order valence-electron chi connectivity index (χ4n) is 4.83. The van der Waals surface area contributed by atoms with Gasteiger partial charge in [0.1, 0.15) is 18.1 Å². The van der Waals surface area contributed by atoms with Crippen LogP contribution < -0.4 is 21.7 Å². The van der Waals surface area contributed by atoms with Crippen molar-refractivity contribution in [1.82, 2.24) is 30.9 Å². The van der Waals surface area contributed by atoms with Crippen LogP contribution in [0.5, 0.6) is 0 Å². The number of carbonyl (C=O) groups is 4. The van der Waals surface area contributed by atoms with Crippen molar-refractivity contribution in [2.75, 3.05) is 12.0 Å². The number of nitrogens with one attached hydrogen (secondary N) is 5. The second-order valence-corrected chi connectivity index (χ2v) is 11.4. The molecule has 3 amide bonds. The van der Waals surface area contributed by atoms with E-state index in [1.54, 1.807) is 36.7 Å². The van der Waals surface area contributed by atoms with Crippen molar-refractivity contribution in [2.45, 2.75) is 49.9 Å². The van der Waals surface area contributed by atoms with Gasteiger partial charge in [0.15, 0.2) is 0 Å². The standard InChI is InChI=1S/C31H37N7O5S/c1-44-12-11-25(29(40)38-27(31(42)43)13-19-7-3-2-4-8-19)36-30(41)26(14-20-16-34-24-10-6-5-9-22(20)24)37-28(39)23(32)15-21-17-33-18-35-21/h2-10,16-18,23,25-27,34H,11-15,32H2,1H3,(H,33,35)(H,36,41)(H,37,39)(H,38,40)(H,42,43). The minimum Gasteiger partial charge on any atom is -0.480 e. The molecule has 13 heteroatoms. The highest BCUT2D eigenvalue weighted by Gasteiger charge is 2.31. The van der Waals surface area contributed by atoms with E-state index in [1.165, 1.54) is 18.1 Å². The number of nitrogens with two attached hydrogens (primary N) is 1. The van der Waals surface area contributed by atoms with Gasteiger partial charge in [-0.15, -0.1) is 0 Å². The fraction of sp³-hybridized carbons (Fsp3) is 0.323. The Kier molecular flexibility index (Phi) is 11.5. The molecule has 4 rings (SSSR count). The number of benzene rings is 2. The number of carboxylic acids is 1. The molecule has 0 saturated heterocycles. The van der Waals surface area contributed by atoms with Crippen molar-refractivity contribution in [2.24, 2.45) is 5.73 Å². The highest BCUT2D eigenvalue weighted by Crippen LogP contribution is 2.19. The highest BCUT2D eigenvalue weighted by atomic mass is 32.2. The molecule has 44 heavy (non-hydrogen) atoms. The van der Waals surface area contributed by atoms with Crippen LogP contribution in [0.1, 0.15) is 23.2 Å². The average Bonchev–Trinajstić information content (AvgIpc) is 3.69. The summed E-state index contributed by atoms with van der Waals surface area (Å²) in [4.78, 5) is 62.4. The van der Waals surface area contributed by atoms with Crippen LogP contribution in [0.2, 0.25) is 0 Å². The zero-order chi connectivity index (χ0) is 31.5. The third-order valence-electron chi connectivity index (χ3n) is 7.20. The van der Waals surface area contributed by atoms with E-state index in [1.807, 2.05) is 36.6 Å². The Morgan fingerprint density at radius 2 is 1.55 bits per heavy atom. The van der Waals surface area contributed by atoms with Crippen LogP contribution in [0.25, 0.3) is 10.9 Å². The Morgan fingerprint density at radius 1 is 0.864 bits per heavy atom. The van der Waals surface area contributed by atoms with E-state index < -0.39 is 47.9 Å². The summed E-state index contributed by atoms with van der Waals surface area (Å²) in [5.41, 5.74) is 9.25. The van der Waals surface area contributed by atoms with Crippen molar-refractivity contribution in [3.63, 3.8) is 0 Å². The molecular weight excluding hydrogens is 582 g/mol. The number of aromatic nitrogens is 3. The molecule has 8 N–H and O–H groups in total. The van der Waals surface area contributed by atoms with E-state index in [9.17, 15) is 24.3 Å². The van der Waals surface area contributed by atoms with Crippen LogP contribution in [-0.4, -0.2) is 79.9 Å². The lowest BCUT2D eigenvalue weighted by Gasteiger charge is -2.25. The second-order valence-electron chi connectivity index (χ2n) is 10.4. The lowest BCUT2D eigenvalue weighted by atomic mass is 10.0. The molecule has 12 nitrogen and oxygen atoms in total. The number of para-hydroxylation sites is 1. The number of amides is 3. The largest absolute Gasteiger partial charge is 0.480 e. The monoisotopic (exact) mass is 619 g/mol. The van der Waals surface area contributed by atoms with E-state index in [2.05, 4.69) is 30.9 Å². The molecule has 4 atom stereocenters. The first-order valence-corrected chi connectivity index (χ1v) is 15.6. The maximum atomic E-state index is 13.8. The molecule has 0 radical (unpaired) electrons. The number of thioether (sulfide) groups is 1. The van der Waals surface area contributed by atoms with Gasteiger partial charge < -0.3 is 36.8 Å². The summed E-state index contributed by atoms with van der Waals surface area (Å²) in [5.74, 6) is -2.41. The minimum absolute atomic E-state index is 0.0819. The van der Waals surface area contributed by atoms with Gasteiger partial charge in [-0.1, -0.05) is 48.5 Å². The zero-order valence-corrected chi connectivity index (χ0v) is 25.1. The van der Waals surface area contributed by atoms with Gasteiger partial charge in [-0.3, -0.25) is 14.4 Å². The molecule has 4 aromatic rings. The smallest absolute Gasteiger partial charge is 0.326 e. The zero-order valence-electron chi connectivity index (χ0n) is 24.3. The molecule has 0 saturated carbocycles. The van der Waals surface area contributed by atoms with Crippen molar-refractivity contribution < 1.29 is 24.3 Å². The molecule has 0 aliphatic heterocycles. The number of carboxylic acid groups (broad SMARTS) is 1. The SMILES string of the molecule is CSCCC(NC(=O)C(Cc1c[nH]c2ccccc12)NC(=O)C(N)Cc1cnc[nH]1)C(=O)NC(Cc1ccccc1)C(=O)O. The number of carbonyl (C=O) groups excluding carboxylic acids is 3. The van der Waals surface area contributed by atoms with E-state index in [0.717, 1.165) is 22.0 Å². The summed E-state index contributed by atoms with van der Waals surface area (Å²) in [7, 11) is 0. The Bertz CT molecular complexity index is 1540. The number of nitrogens with zero attached hydrogens (tertiary/aromatic N) is 1. The summed E-state index contributed by atoms with van der Waals surface area (Å²) in [6.07, 6.45) is 7.35. The van der Waals surface area contributed by atoms with Gasteiger partial charge >= 0.3 is 5.97 Å². The summed E-state index contributed by atoms with van der Waals surface area (Å²) in [5, 5.41) is 18.8. The number of hydrogen-bond acceptors (Lipinski definition) is 7. The lowest BCUT2D eigenvalue weighted by Crippen LogP contribution is -2.58. The summed E-state index contributed by atoms with van der Waals surface area (Å²) < 4.78 is 0. The molecule has 0 bridgehead atoms. The van der Waals surface area contributed by atoms with Crippen molar-refractivity contribution in [3.05, 3.63) is 90.1 Å². The quantitative estimate of drug-likeness (QED) is 0.0981. The molecule has 0 fully saturated rings. The fourth-order valence-corrected chi connectivity index (χ4v) is 5.30. The van der Waals surface area contributed by atoms with Crippen LogP contribution in [0, 0.1) is 0 Å². The molecule has 232 valence electrons. The molecule has 0 aliphatic rings. The van der Waals surface area contributed by atoms with Gasteiger partial charge in [0.05, 0.1) is 12.4 Å². The second kappa shape index (κ2) is 15.7. The van der Waals surface area contributed by atoms with E-state index in [-0.39, 0.29) is 25.7 Å². The highest BCUT2D eigenvalue weighted by molar-refractivity contribution is 7.98. The van der Waals surface area contributed by atoms with Crippen LogP contribution in [-0.2, 0) is 38.4 Å². The van der Waals surface area contributed by atoms with Crippen LogP contribution in [0.4, 0.5) is 0 Å². The van der Waals surface area contributed by atoms with Gasteiger partial charge in [0.25, 0.3) is 0 Å². The first-order chi connectivity index (χ1) is 21.2. The average molecular weight is 620 g/mol. The van der Waals surface area contributed by atoms with E-state index in [0.29, 0.717) is 11.4 Å². The number of H-pyrrole nitrogens is 2. The third kappa shape index (κ3) is 8.94. The van der Waals surface area contributed by atoms with Gasteiger partial charge in [0, 0.05) is 48.3 Å². The van der Waals surface area contributed by atoms with Crippen molar-refractivity contribution in [3.8, 4) is 0 Å². The molecule has 2 aromatic carbocycles. The summed E-state index contributed by atoms with van der Waals surface area (Å²) >= 11 is 1.49. The van der Waals surface area contributed by atoms with Crippen molar-refractivity contribution in [1.29, 1.82) is 0 Å². The summed E-state index contributed by atoms with van der Waals surface area (Å²) in [6.45, 7) is 0. The molecule has 4 unspecified atom stereocenters. The predicted molar refractivity (Wildman–Crippen MR) is 169 cm³/mol. The van der Waals surface area contributed by atoms with E-state index >= 15 is 0 Å². The number of hydrogen-bond donors (Lipinski definition) is 7. The number of aromatic amines is 2.